The van der Waals surface area contributed by atoms with Crippen LogP contribution >= 0.6 is 12.2 Å². The van der Waals surface area contributed by atoms with Gasteiger partial charge in [-0.3, -0.25) is 9.47 Å². The summed E-state index contributed by atoms with van der Waals surface area (Å²) in [5.41, 5.74) is 2.16. The summed E-state index contributed by atoms with van der Waals surface area (Å²) in [6, 6.07) is 8.08. The summed E-state index contributed by atoms with van der Waals surface area (Å²) >= 11 is 5.61. The normalized spacial score (nSPS) is 19.9. The van der Waals surface area contributed by atoms with Crippen LogP contribution in [0.3, 0.4) is 0 Å². The van der Waals surface area contributed by atoms with Gasteiger partial charge in [0, 0.05) is 6.04 Å². The zero-order valence-electron chi connectivity index (χ0n) is 14.1. The van der Waals surface area contributed by atoms with Gasteiger partial charge in [0.1, 0.15) is 5.82 Å². The maximum Gasteiger partial charge on any atom is 0.203 e. The minimum atomic E-state index is -2.90. The number of hydrogen-bond donors (Lipinski definition) is 0. The van der Waals surface area contributed by atoms with Crippen LogP contribution in [0.2, 0.25) is 0 Å². The zero-order chi connectivity index (χ0) is 17.5. The lowest BCUT2D eigenvalue weighted by atomic mass is 10.2. The molecule has 130 valence electrons. The molecule has 0 N–H and O–H groups in total. The summed E-state index contributed by atoms with van der Waals surface area (Å²) in [6.07, 6.45) is 0.670. The van der Waals surface area contributed by atoms with E-state index in [1.165, 1.54) is 0 Å². The molecule has 1 atom stereocenters. The van der Waals surface area contributed by atoms with Crippen molar-refractivity contribution in [3.63, 3.8) is 0 Å². The van der Waals surface area contributed by atoms with E-state index in [4.69, 9.17) is 12.2 Å². The minimum absolute atomic E-state index is 0.0285. The number of sulfone groups is 1. The fraction of sp³-hybridized carbons (Fsp3) is 0.500. The predicted molar refractivity (Wildman–Crippen MR) is 96.7 cm³/mol. The first-order chi connectivity index (χ1) is 11.3. The molecule has 0 unspecified atom stereocenters. The number of aryl methyl sites for hydroxylation is 2. The summed E-state index contributed by atoms with van der Waals surface area (Å²) < 4.78 is 27.7. The molecule has 1 aliphatic rings. The number of para-hydroxylation sites is 1. The van der Waals surface area contributed by atoms with Crippen LogP contribution in [0.15, 0.2) is 24.3 Å². The van der Waals surface area contributed by atoms with Gasteiger partial charge in [-0.05, 0) is 51.2 Å². The molecule has 1 saturated heterocycles. The van der Waals surface area contributed by atoms with Crippen LogP contribution in [0.4, 0.5) is 0 Å². The van der Waals surface area contributed by atoms with Crippen LogP contribution < -0.4 is 0 Å². The smallest absolute Gasteiger partial charge is 0.203 e. The fourth-order valence-electron chi connectivity index (χ4n) is 3.15. The summed E-state index contributed by atoms with van der Waals surface area (Å²) in [5, 5.41) is 4.56. The highest BCUT2D eigenvalue weighted by Crippen LogP contribution is 2.19. The highest BCUT2D eigenvalue weighted by Gasteiger charge is 2.31. The Morgan fingerprint density at radius 3 is 2.67 bits per heavy atom. The van der Waals surface area contributed by atoms with Gasteiger partial charge in [0.25, 0.3) is 0 Å². The number of benzene rings is 1. The lowest BCUT2D eigenvalue weighted by molar-refractivity contribution is 0.196. The number of hydrogen-bond acceptors (Lipinski definition) is 5. The van der Waals surface area contributed by atoms with Crippen LogP contribution in [0.25, 0.3) is 5.69 Å². The Labute approximate surface area is 147 Å². The van der Waals surface area contributed by atoms with Crippen molar-refractivity contribution in [2.24, 2.45) is 0 Å². The molecule has 1 aliphatic heterocycles. The molecule has 6 nitrogen and oxygen atoms in total. The first-order valence-corrected chi connectivity index (χ1v) is 10.1. The first kappa shape index (κ1) is 17.3. The molecule has 0 saturated carbocycles. The second-order valence-corrected chi connectivity index (χ2v) is 9.00. The topological polar surface area (TPSA) is 60.1 Å². The largest absolute Gasteiger partial charge is 0.283 e. The van der Waals surface area contributed by atoms with Crippen LogP contribution in [0.5, 0.6) is 0 Å². The standard InChI is InChI=1S/C16H22N4O2S2/c1-12-6-4-5-7-15(12)20-13(2)17-19(16(20)23)11-18(3)14-8-9-24(21,22)10-14/h4-7,14H,8-11H2,1-3H3/t14-/m0/s1. The third-order valence-corrected chi connectivity index (χ3v) is 6.69. The molecule has 0 aliphatic carbocycles. The van der Waals surface area contributed by atoms with Crippen molar-refractivity contribution in [2.45, 2.75) is 33.0 Å². The molecule has 0 amide bonds. The summed E-state index contributed by atoms with van der Waals surface area (Å²) in [6.45, 7) is 4.46. The number of aromatic nitrogens is 3. The lowest BCUT2D eigenvalue weighted by Gasteiger charge is -2.22. The van der Waals surface area contributed by atoms with Gasteiger partial charge in [-0.1, -0.05) is 18.2 Å². The van der Waals surface area contributed by atoms with Gasteiger partial charge in [0.2, 0.25) is 4.77 Å². The molecule has 1 aromatic carbocycles. The zero-order valence-corrected chi connectivity index (χ0v) is 15.8. The Hall–Kier alpha value is -1.51. The van der Waals surface area contributed by atoms with Gasteiger partial charge >= 0.3 is 0 Å². The van der Waals surface area contributed by atoms with E-state index >= 15 is 0 Å². The third kappa shape index (κ3) is 3.31. The Morgan fingerprint density at radius 2 is 2.04 bits per heavy atom. The Balaban J connectivity index is 1.88. The van der Waals surface area contributed by atoms with Crippen LogP contribution in [0.1, 0.15) is 17.8 Å². The molecule has 2 heterocycles. The van der Waals surface area contributed by atoms with Gasteiger partial charge in [-0.25, -0.2) is 13.1 Å². The summed E-state index contributed by atoms with van der Waals surface area (Å²) in [7, 11) is -0.971. The van der Waals surface area contributed by atoms with Crippen LogP contribution in [-0.2, 0) is 16.5 Å². The highest BCUT2D eigenvalue weighted by molar-refractivity contribution is 7.91. The average molecular weight is 367 g/mol. The van der Waals surface area contributed by atoms with Crippen molar-refractivity contribution < 1.29 is 8.42 Å². The van der Waals surface area contributed by atoms with Gasteiger partial charge in [0.15, 0.2) is 9.84 Å². The molecule has 2 aromatic rings. The molecule has 0 bridgehead atoms. The average Bonchev–Trinajstić information content (AvgIpc) is 3.00. The molecular formula is C16H22N4O2S2. The van der Waals surface area contributed by atoms with E-state index in [1.54, 1.807) is 4.68 Å². The predicted octanol–water partition coefficient (Wildman–Crippen LogP) is 2.10. The van der Waals surface area contributed by atoms with E-state index in [-0.39, 0.29) is 17.5 Å². The van der Waals surface area contributed by atoms with E-state index in [1.807, 2.05) is 54.6 Å². The maximum atomic E-state index is 11.7. The van der Waals surface area contributed by atoms with Gasteiger partial charge < -0.3 is 0 Å². The van der Waals surface area contributed by atoms with Gasteiger partial charge in [-0.2, -0.15) is 5.10 Å². The van der Waals surface area contributed by atoms with Gasteiger partial charge in [0.05, 0.1) is 23.9 Å². The van der Waals surface area contributed by atoms with Crippen molar-refractivity contribution in [3.8, 4) is 5.69 Å². The van der Waals surface area contributed by atoms with Crippen molar-refractivity contribution in [3.05, 3.63) is 40.4 Å². The lowest BCUT2D eigenvalue weighted by Crippen LogP contribution is -2.34. The summed E-state index contributed by atoms with van der Waals surface area (Å²) in [4.78, 5) is 2.02. The Kier molecular flexibility index (Phi) is 4.63. The molecule has 8 heteroatoms. The van der Waals surface area contributed by atoms with E-state index in [0.717, 1.165) is 17.1 Å². The van der Waals surface area contributed by atoms with Gasteiger partial charge in [-0.15, -0.1) is 0 Å². The van der Waals surface area contributed by atoms with Crippen molar-refractivity contribution in [1.29, 1.82) is 0 Å². The van der Waals surface area contributed by atoms with E-state index in [9.17, 15) is 8.42 Å². The third-order valence-electron chi connectivity index (χ3n) is 4.55. The molecule has 1 fully saturated rings. The van der Waals surface area contributed by atoms with Crippen LogP contribution in [0, 0.1) is 18.6 Å². The monoisotopic (exact) mass is 366 g/mol. The van der Waals surface area contributed by atoms with Crippen molar-refractivity contribution >= 4 is 22.1 Å². The van der Waals surface area contributed by atoms with Crippen molar-refractivity contribution in [2.75, 3.05) is 18.6 Å². The summed E-state index contributed by atoms with van der Waals surface area (Å²) in [5.74, 6) is 1.31. The fourth-order valence-corrected chi connectivity index (χ4v) is 5.28. The molecule has 0 radical (unpaired) electrons. The molecule has 3 rings (SSSR count). The quantitative estimate of drug-likeness (QED) is 0.776. The maximum absolute atomic E-state index is 11.7. The van der Waals surface area contributed by atoms with Crippen LogP contribution in [-0.4, -0.2) is 52.3 Å². The van der Waals surface area contributed by atoms with Crippen molar-refractivity contribution in [1.82, 2.24) is 19.2 Å². The molecule has 1 aromatic heterocycles. The molecular weight excluding hydrogens is 344 g/mol. The minimum Gasteiger partial charge on any atom is -0.283 e. The highest BCUT2D eigenvalue weighted by atomic mass is 32.2. The van der Waals surface area contributed by atoms with E-state index in [2.05, 4.69) is 5.10 Å². The second kappa shape index (κ2) is 6.42. The van der Waals surface area contributed by atoms with E-state index < -0.39 is 9.84 Å². The number of rotatable bonds is 4. The first-order valence-electron chi connectivity index (χ1n) is 7.91. The second-order valence-electron chi connectivity index (χ2n) is 6.41. The molecule has 0 spiro atoms. The Bertz CT molecular complexity index is 914. The van der Waals surface area contributed by atoms with E-state index in [0.29, 0.717) is 17.9 Å². The Morgan fingerprint density at radius 1 is 1.33 bits per heavy atom. The SMILES string of the molecule is Cc1ccccc1-n1c(C)nn(CN(C)[C@H]2CCS(=O)(=O)C2)c1=S. The molecule has 24 heavy (non-hydrogen) atoms. The number of nitrogens with zero attached hydrogens (tertiary/aromatic N) is 4.